The van der Waals surface area contributed by atoms with Crippen molar-refractivity contribution in [2.75, 3.05) is 6.54 Å². The number of pyridine rings is 1. The highest BCUT2D eigenvalue weighted by Crippen LogP contribution is 2.25. The van der Waals surface area contributed by atoms with E-state index in [1.54, 1.807) is 6.07 Å². The first-order chi connectivity index (χ1) is 10.0. The number of nitrogens with zero attached hydrogens (tertiary/aromatic N) is 1. The van der Waals surface area contributed by atoms with Gasteiger partial charge in [-0.05, 0) is 42.0 Å². The molecule has 0 aliphatic carbocycles. The normalized spacial score (nSPS) is 15.8. The predicted octanol–water partition coefficient (Wildman–Crippen LogP) is 0.956. The van der Waals surface area contributed by atoms with Crippen LogP contribution in [0.2, 0.25) is 0 Å². The van der Waals surface area contributed by atoms with Gasteiger partial charge in [-0.25, -0.2) is 4.79 Å². The average molecular weight is 284 g/mol. The summed E-state index contributed by atoms with van der Waals surface area (Å²) in [5.41, 5.74) is 6.73. The number of nitrogens with two attached hydrogens (primary N) is 1. The van der Waals surface area contributed by atoms with Crippen molar-refractivity contribution in [2.45, 2.75) is 12.8 Å². The van der Waals surface area contributed by atoms with E-state index in [1.165, 1.54) is 6.07 Å². The molecule has 0 saturated carbocycles. The third-order valence-corrected chi connectivity index (χ3v) is 3.66. The molecule has 6 nitrogen and oxygen atoms in total. The molecule has 3 rings (SSSR count). The number of nitrogens with one attached hydrogen (secondary N) is 1. The van der Waals surface area contributed by atoms with E-state index in [4.69, 9.17) is 5.73 Å². The van der Waals surface area contributed by atoms with E-state index >= 15 is 0 Å². The zero-order chi connectivity index (χ0) is 15.0. The minimum Gasteiger partial charge on any atom is -0.351 e. The quantitative estimate of drug-likeness (QED) is 0.859. The summed E-state index contributed by atoms with van der Waals surface area (Å²) in [6, 6.07) is 8.12. The van der Waals surface area contributed by atoms with Crippen LogP contribution in [0.1, 0.15) is 12.0 Å². The van der Waals surface area contributed by atoms with Crippen molar-refractivity contribution >= 4 is 22.8 Å². The van der Waals surface area contributed by atoms with Crippen LogP contribution in [0.15, 0.2) is 35.1 Å². The number of H-pyrrole nitrogens is 1. The first-order valence-electron chi connectivity index (χ1n) is 6.62. The molecule has 1 fully saturated rings. The number of hydrogen-bond acceptors (Lipinski definition) is 3. The molecule has 0 atom stereocenters. The molecule has 1 aliphatic heterocycles. The summed E-state index contributed by atoms with van der Waals surface area (Å²) in [5, 5.41) is 0.907. The summed E-state index contributed by atoms with van der Waals surface area (Å²) >= 11 is 0. The Hall–Kier alpha value is -2.63. The van der Waals surface area contributed by atoms with Gasteiger partial charge in [-0.1, -0.05) is 6.07 Å². The van der Waals surface area contributed by atoms with E-state index < -0.39 is 6.03 Å². The molecular formula is C15H14N3O3. The van der Waals surface area contributed by atoms with Gasteiger partial charge in [0, 0.05) is 18.1 Å². The van der Waals surface area contributed by atoms with Crippen LogP contribution >= 0.6 is 0 Å². The van der Waals surface area contributed by atoms with Crippen LogP contribution in [0, 0.1) is 5.92 Å². The Labute approximate surface area is 120 Å². The maximum Gasteiger partial charge on any atom is 0.321 e. The highest BCUT2D eigenvalue weighted by Gasteiger charge is 2.34. The Balaban J connectivity index is 1.82. The lowest BCUT2D eigenvalue weighted by Gasteiger charge is -2.11. The molecule has 0 unspecified atom stereocenters. The van der Waals surface area contributed by atoms with Gasteiger partial charge in [-0.15, -0.1) is 0 Å². The topological polar surface area (TPSA) is 96.3 Å². The Bertz CT molecular complexity index is 781. The molecule has 1 radical (unpaired) electrons. The molecule has 0 spiro atoms. The molecule has 1 aliphatic rings. The van der Waals surface area contributed by atoms with Crippen LogP contribution in [0.3, 0.4) is 0 Å². The molecule has 1 aromatic carbocycles. The van der Waals surface area contributed by atoms with Crippen molar-refractivity contribution in [3.63, 3.8) is 0 Å². The molecule has 21 heavy (non-hydrogen) atoms. The standard InChI is InChI=1S/C15H14N3O3/c16-15(21)18-6-5-11(14(18)20)8-9-1-3-12-10(7-9)2-4-13(19)17-12/h1-4,7H,5-6,8H2,(H2,16,21)(H,17,19). The summed E-state index contributed by atoms with van der Waals surface area (Å²) in [4.78, 5) is 38.1. The Morgan fingerprint density at radius 2 is 2.05 bits per heavy atom. The van der Waals surface area contributed by atoms with Crippen LogP contribution < -0.4 is 11.3 Å². The number of rotatable bonds is 2. The number of amides is 3. The number of hydrogen-bond donors (Lipinski definition) is 2. The molecule has 3 N–H and O–H groups in total. The smallest absolute Gasteiger partial charge is 0.321 e. The van der Waals surface area contributed by atoms with Crippen LogP contribution in [-0.4, -0.2) is 28.4 Å². The third-order valence-electron chi connectivity index (χ3n) is 3.66. The maximum absolute atomic E-state index is 12.0. The number of fused-ring (bicyclic) bond motifs is 1. The lowest BCUT2D eigenvalue weighted by atomic mass is 9.97. The van der Waals surface area contributed by atoms with E-state index in [-0.39, 0.29) is 11.5 Å². The van der Waals surface area contributed by atoms with Crippen molar-refractivity contribution in [2.24, 2.45) is 5.73 Å². The van der Waals surface area contributed by atoms with Crippen LogP contribution in [-0.2, 0) is 11.2 Å². The number of primary amides is 1. The fourth-order valence-electron chi connectivity index (χ4n) is 2.58. The number of carbonyl (C=O) groups is 2. The molecule has 107 valence electrons. The minimum atomic E-state index is -0.703. The summed E-state index contributed by atoms with van der Waals surface area (Å²) < 4.78 is 0. The first-order valence-corrected chi connectivity index (χ1v) is 6.62. The third kappa shape index (κ3) is 2.52. The van der Waals surface area contributed by atoms with E-state index in [0.717, 1.165) is 21.4 Å². The molecular weight excluding hydrogens is 270 g/mol. The first kappa shape index (κ1) is 13.4. The second-order valence-corrected chi connectivity index (χ2v) is 5.07. The molecule has 0 bridgehead atoms. The van der Waals surface area contributed by atoms with Crippen molar-refractivity contribution in [1.82, 2.24) is 9.88 Å². The van der Waals surface area contributed by atoms with Crippen molar-refractivity contribution in [3.8, 4) is 0 Å². The number of benzene rings is 1. The summed E-state index contributed by atoms with van der Waals surface area (Å²) in [5.74, 6) is 0.390. The summed E-state index contributed by atoms with van der Waals surface area (Å²) in [6.45, 7) is 0.352. The van der Waals surface area contributed by atoms with Gasteiger partial charge in [0.25, 0.3) is 0 Å². The van der Waals surface area contributed by atoms with Gasteiger partial charge in [-0.3, -0.25) is 14.5 Å². The Kier molecular flexibility index (Phi) is 3.21. The second-order valence-electron chi connectivity index (χ2n) is 5.07. The Morgan fingerprint density at radius 1 is 1.24 bits per heavy atom. The average Bonchev–Trinajstić information content (AvgIpc) is 2.80. The number of urea groups is 1. The van der Waals surface area contributed by atoms with Crippen LogP contribution in [0.25, 0.3) is 10.9 Å². The van der Waals surface area contributed by atoms with Gasteiger partial charge >= 0.3 is 6.03 Å². The van der Waals surface area contributed by atoms with Crippen LogP contribution in [0.5, 0.6) is 0 Å². The molecule has 3 amide bonds. The van der Waals surface area contributed by atoms with E-state index in [1.807, 2.05) is 18.2 Å². The van der Waals surface area contributed by atoms with Gasteiger partial charge < -0.3 is 10.7 Å². The lowest BCUT2D eigenvalue weighted by Crippen LogP contribution is -2.37. The predicted molar refractivity (Wildman–Crippen MR) is 77.4 cm³/mol. The minimum absolute atomic E-state index is 0.146. The van der Waals surface area contributed by atoms with Gasteiger partial charge in [0.1, 0.15) is 0 Å². The maximum atomic E-state index is 12.0. The molecule has 6 heteroatoms. The highest BCUT2D eigenvalue weighted by atomic mass is 16.2. The second kappa shape index (κ2) is 5.05. The van der Waals surface area contributed by atoms with Gasteiger partial charge in [0.2, 0.25) is 11.5 Å². The molecule has 2 aromatic rings. The SMILES string of the molecule is NC(=O)N1CC[C](Cc2ccc3[nH]c(=O)ccc3c2)C1=O. The van der Waals surface area contributed by atoms with E-state index in [9.17, 15) is 14.4 Å². The zero-order valence-corrected chi connectivity index (χ0v) is 11.3. The molecule has 1 saturated heterocycles. The fraction of sp³-hybridized carbons (Fsp3) is 0.200. The lowest BCUT2D eigenvalue weighted by molar-refractivity contribution is -0.123. The summed E-state index contributed by atoms with van der Waals surface area (Å²) in [6.07, 6.45) is 1.03. The van der Waals surface area contributed by atoms with Crippen molar-refractivity contribution < 1.29 is 9.59 Å². The monoisotopic (exact) mass is 284 g/mol. The van der Waals surface area contributed by atoms with Gasteiger partial charge in [0.15, 0.2) is 0 Å². The number of aromatic nitrogens is 1. The zero-order valence-electron chi connectivity index (χ0n) is 11.3. The largest absolute Gasteiger partial charge is 0.351 e. The van der Waals surface area contributed by atoms with Crippen molar-refractivity contribution in [3.05, 3.63) is 52.2 Å². The number of aromatic amines is 1. The molecule has 2 heterocycles. The van der Waals surface area contributed by atoms with Gasteiger partial charge in [-0.2, -0.15) is 0 Å². The number of imide groups is 1. The number of carbonyl (C=O) groups excluding carboxylic acids is 2. The Morgan fingerprint density at radius 3 is 2.76 bits per heavy atom. The summed E-state index contributed by atoms with van der Waals surface area (Å²) in [7, 11) is 0. The van der Waals surface area contributed by atoms with Crippen LogP contribution in [0.4, 0.5) is 4.79 Å². The van der Waals surface area contributed by atoms with Gasteiger partial charge in [0.05, 0.1) is 5.92 Å². The molecule has 1 aromatic heterocycles. The highest BCUT2D eigenvalue weighted by molar-refractivity contribution is 6.03. The van der Waals surface area contributed by atoms with E-state index in [0.29, 0.717) is 25.3 Å². The fourth-order valence-corrected chi connectivity index (χ4v) is 2.58. The van der Waals surface area contributed by atoms with Crippen molar-refractivity contribution in [1.29, 1.82) is 0 Å². The van der Waals surface area contributed by atoms with E-state index in [2.05, 4.69) is 4.98 Å². The number of likely N-dealkylation sites (tertiary alicyclic amines) is 1.